The minimum atomic E-state index is 0.158. The first-order chi connectivity index (χ1) is 7.74. The number of carbonyl (C=O) groups excluding carboxylic acids is 1. The van der Waals surface area contributed by atoms with E-state index in [0.29, 0.717) is 13.0 Å². The largest absolute Gasteiger partial charge is 0.360 e. The van der Waals surface area contributed by atoms with Gasteiger partial charge in [0.1, 0.15) is 0 Å². The van der Waals surface area contributed by atoms with Gasteiger partial charge in [-0.1, -0.05) is 25.0 Å². The zero-order valence-corrected chi connectivity index (χ0v) is 9.86. The summed E-state index contributed by atoms with van der Waals surface area (Å²) >= 11 is 0. The summed E-state index contributed by atoms with van der Waals surface area (Å²) in [5.74, 6) is 2.77. The SMILES string of the molecule is C#CCN(CC)c1ccccc1C(=O)CC. The van der Waals surface area contributed by atoms with E-state index in [-0.39, 0.29) is 5.78 Å². The zero-order chi connectivity index (χ0) is 12.0. The maximum Gasteiger partial charge on any atom is 0.164 e. The fourth-order valence-corrected chi connectivity index (χ4v) is 1.65. The smallest absolute Gasteiger partial charge is 0.164 e. The summed E-state index contributed by atoms with van der Waals surface area (Å²) in [6.07, 6.45) is 5.84. The number of hydrogen-bond donors (Lipinski definition) is 0. The average Bonchev–Trinajstić information content (AvgIpc) is 2.35. The second-order valence-corrected chi connectivity index (χ2v) is 3.51. The Hall–Kier alpha value is -1.75. The molecule has 2 nitrogen and oxygen atoms in total. The van der Waals surface area contributed by atoms with Gasteiger partial charge in [-0.15, -0.1) is 6.42 Å². The second-order valence-electron chi connectivity index (χ2n) is 3.51. The van der Waals surface area contributed by atoms with Crippen LogP contribution in [0.25, 0.3) is 0 Å². The molecule has 0 bridgehead atoms. The van der Waals surface area contributed by atoms with Crippen molar-refractivity contribution in [2.45, 2.75) is 20.3 Å². The molecule has 1 aromatic rings. The summed E-state index contributed by atoms with van der Waals surface area (Å²) in [6, 6.07) is 7.63. The lowest BCUT2D eigenvalue weighted by Gasteiger charge is -2.22. The first kappa shape index (κ1) is 12.3. The Labute approximate surface area is 97.3 Å². The molecule has 84 valence electrons. The zero-order valence-electron chi connectivity index (χ0n) is 9.86. The van der Waals surface area contributed by atoms with Crippen molar-refractivity contribution in [3.8, 4) is 12.3 Å². The third-order valence-corrected chi connectivity index (χ3v) is 2.53. The Morgan fingerprint density at radius 2 is 2.06 bits per heavy atom. The molecule has 0 unspecified atom stereocenters. The van der Waals surface area contributed by atoms with Crippen LogP contribution in [-0.4, -0.2) is 18.9 Å². The molecule has 16 heavy (non-hydrogen) atoms. The van der Waals surface area contributed by atoms with Crippen molar-refractivity contribution >= 4 is 11.5 Å². The van der Waals surface area contributed by atoms with Gasteiger partial charge in [0, 0.05) is 24.2 Å². The van der Waals surface area contributed by atoms with E-state index in [9.17, 15) is 4.79 Å². The fourth-order valence-electron chi connectivity index (χ4n) is 1.65. The highest BCUT2D eigenvalue weighted by Gasteiger charge is 2.12. The number of Topliss-reactive ketones (excluding diaryl/α,β-unsaturated/α-hetero) is 1. The van der Waals surface area contributed by atoms with Gasteiger partial charge in [-0.3, -0.25) is 4.79 Å². The van der Waals surface area contributed by atoms with Crippen molar-refractivity contribution in [2.75, 3.05) is 18.0 Å². The van der Waals surface area contributed by atoms with Gasteiger partial charge in [-0.05, 0) is 19.1 Å². The van der Waals surface area contributed by atoms with E-state index >= 15 is 0 Å². The normalized spacial score (nSPS) is 9.56. The van der Waals surface area contributed by atoms with Gasteiger partial charge in [0.05, 0.1) is 6.54 Å². The first-order valence-corrected chi connectivity index (χ1v) is 5.55. The van der Waals surface area contributed by atoms with E-state index in [2.05, 4.69) is 5.92 Å². The van der Waals surface area contributed by atoms with Crippen LogP contribution in [0.3, 0.4) is 0 Å². The van der Waals surface area contributed by atoms with Gasteiger partial charge in [-0.25, -0.2) is 0 Å². The van der Waals surface area contributed by atoms with Crippen LogP contribution in [-0.2, 0) is 0 Å². The molecule has 0 radical (unpaired) electrons. The van der Waals surface area contributed by atoms with Crippen molar-refractivity contribution in [3.05, 3.63) is 29.8 Å². The van der Waals surface area contributed by atoms with Gasteiger partial charge in [-0.2, -0.15) is 0 Å². The molecule has 1 aromatic carbocycles. The summed E-state index contributed by atoms with van der Waals surface area (Å²) in [6.45, 7) is 5.24. The molecular weight excluding hydrogens is 198 g/mol. The van der Waals surface area contributed by atoms with Crippen LogP contribution in [0.15, 0.2) is 24.3 Å². The monoisotopic (exact) mass is 215 g/mol. The van der Waals surface area contributed by atoms with Crippen molar-refractivity contribution in [3.63, 3.8) is 0 Å². The molecule has 0 aliphatic heterocycles. The molecule has 0 atom stereocenters. The number of terminal acetylenes is 1. The maximum absolute atomic E-state index is 11.8. The minimum absolute atomic E-state index is 0.158. The van der Waals surface area contributed by atoms with E-state index in [1.807, 2.05) is 43.0 Å². The Morgan fingerprint density at radius 3 is 2.62 bits per heavy atom. The number of anilines is 1. The maximum atomic E-state index is 11.8. The van der Waals surface area contributed by atoms with Crippen molar-refractivity contribution < 1.29 is 4.79 Å². The quantitative estimate of drug-likeness (QED) is 0.556. The van der Waals surface area contributed by atoms with Gasteiger partial charge in [0.15, 0.2) is 5.78 Å². The molecule has 1 rings (SSSR count). The molecule has 0 fully saturated rings. The number of nitrogens with zero attached hydrogens (tertiary/aromatic N) is 1. The molecule has 0 saturated heterocycles. The van der Waals surface area contributed by atoms with Crippen LogP contribution in [0.4, 0.5) is 5.69 Å². The predicted molar refractivity (Wildman–Crippen MR) is 67.8 cm³/mol. The van der Waals surface area contributed by atoms with Crippen LogP contribution in [0.1, 0.15) is 30.6 Å². The molecule has 0 amide bonds. The van der Waals surface area contributed by atoms with Crippen LogP contribution < -0.4 is 4.90 Å². The van der Waals surface area contributed by atoms with Crippen LogP contribution in [0, 0.1) is 12.3 Å². The van der Waals surface area contributed by atoms with E-state index in [0.717, 1.165) is 17.8 Å². The third kappa shape index (κ3) is 2.64. The number of rotatable bonds is 5. The van der Waals surface area contributed by atoms with E-state index in [1.54, 1.807) is 0 Å². The van der Waals surface area contributed by atoms with Gasteiger partial charge >= 0.3 is 0 Å². The summed E-state index contributed by atoms with van der Waals surface area (Å²) in [5, 5.41) is 0. The lowest BCUT2D eigenvalue weighted by Crippen LogP contribution is -2.24. The molecule has 0 aliphatic rings. The molecular formula is C14H17NO. The fraction of sp³-hybridized carbons (Fsp3) is 0.357. The Kier molecular flexibility index (Phi) is 4.60. The molecule has 2 heteroatoms. The highest BCUT2D eigenvalue weighted by Crippen LogP contribution is 2.21. The van der Waals surface area contributed by atoms with Crippen molar-refractivity contribution in [1.82, 2.24) is 0 Å². The van der Waals surface area contributed by atoms with E-state index in [4.69, 9.17) is 6.42 Å². The topological polar surface area (TPSA) is 20.3 Å². The number of ketones is 1. The van der Waals surface area contributed by atoms with Gasteiger partial charge in [0.25, 0.3) is 0 Å². The second kappa shape index (κ2) is 5.97. The molecule has 0 spiro atoms. The Bertz CT molecular complexity index is 403. The molecule has 0 saturated carbocycles. The predicted octanol–water partition coefficient (Wildman–Crippen LogP) is 2.74. The number of benzene rings is 1. The third-order valence-electron chi connectivity index (χ3n) is 2.53. The number of carbonyl (C=O) groups is 1. The number of para-hydroxylation sites is 1. The van der Waals surface area contributed by atoms with E-state index < -0.39 is 0 Å². The van der Waals surface area contributed by atoms with Crippen molar-refractivity contribution in [2.24, 2.45) is 0 Å². The molecule has 0 aromatic heterocycles. The summed E-state index contributed by atoms with van der Waals surface area (Å²) < 4.78 is 0. The summed E-state index contributed by atoms with van der Waals surface area (Å²) in [4.78, 5) is 13.8. The Balaban J connectivity index is 3.11. The van der Waals surface area contributed by atoms with Crippen LogP contribution in [0.5, 0.6) is 0 Å². The summed E-state index contributed by atoms with van der Waals surface area (Å²) in [7, 11) is 0. The minimum Gasteiger partial charge on any atom is -0.360 e. The standard InChI is InChI=1S/C14H17NO/c1-4-11-15(6-3)13-10-8-7-9-12(13)14(16)5-2/h1,7-10H,5-6,11H2,2-3H3. The first-order valence-electron chi connectivity index (χ1n) is 5.55. The van der Waals surface area contributed by atoms with Gasteiger partial charge < -0.3 is 4.90 Å². The molecule has 0 aliphatic carbocycles. The van der Waals surface area contributed by atoms with Crippen LogP contribution >= 0.6 is 0 Å². The lowest BCUT2D eigenvalue weighted by molar-refractivity contribution is 0.0988. The molecule has 0 N–H and O–H groups in total. The van der Waals surface area contributed by atoms with Crippen molar-refractivity contribution in [1.29, 1.82) is 0 Å². The van der Waals surface area contributed by atoms with E-state index in [1.165, 1.54) is 0 Å². The lowest BCUT2D eigenvalue weighted by atomic mass is 10.1. The highest BCUT2D eigenvalue weighted by molar-refractivity contribution is 6.01. The Morgan fingerprint density at radius 1 is 1.38 bits per heavy atom. The highest BCUT2D eigenvalue weighted by atomic mass is 16.1. The average molecular weight is 215 g/mol. The molecule has 0 heterocycles. The van der Waals surface area contributed by atoms with Gasteiger partial charge in [0.2, 0.25) is 0 Å². The van der Waals surface area contributed by atoms with Crippen LogP contribution in [0.2, 0.25) is 0 Å². The summed E-state index contributed by atoms with van der Waals surface area (Å²) in [5.41, 5.74) is 1.71. The number of hydrogen-bond acceptors (Lipinski definition) is 2.